The largest absolute Gasteiger partial charge is 0.430 e. The van der Waals surface area contributed by atoms with Gasteiger partial charge in [0.05, 0.1) is 5.56 Å². The lowest BCUT2D eigenvalue weighted by Gasteiger charge is -2.08. The average molecular weight is 243 g/mol. The summed E-state index contributed by atoms with van der Waals surface area (Å²) in [4.78, 5) is 22.7. The number of anilines is 1. The first-order valence-corrected chi connectivity index (χ1v) is 5.69. The van der Waals surface area contributed by atoms with E-state index < -0.39 is 5.63 Å². The van der Waals surface area contributed by atoms with E-state index >= 15 is 0 Å². The van der Waals surface area contributed by atoms with Gasteiger partial charge in [-0.2, -0.15) is 0 Å². The van der Waals surface area contributed by atoms with E-state index in [1.54, 1.807) is 0 Å². The highest BCUT2D eigenvalue weighted by Crippen LogP contribution is 2.16. The van der Waals surface area contributed by atoms with Gasteiger partial charge in [-0.05, 0) is 24.1 Å². The molecule has 0 aliphatic heterocycles. The van der Waals surface area contributed by atoms with Crippen molar-refractivity contribution in [1.82, 2.24) is 0 Å². The Bertz CT molecular complexity index is 596. The van der Waals surface area contributed by atoms with Crippen LogP contribution in [0.25, 0.3) is 0 Å². The van der Waals surface area contributed by atoms with Crippen molar-refractivity contribution in [2.24, 2.45) is 0 Å². The van der Waals surface area contributed by atoms with E-state index in [-0.39, 0.29) is 5.91 Å². The molecule has 0 radical (unpaired) electrons. The van der Waals surface area contributed by atoms with Gasteiger partial charge in [0.25, 0.3) is 5.91 Å². The van der Waals surface area contributed by atoms with Gasteiger partial charge in [-0.25, -0.2) is 4.79 Å². The van der Waals surface area contributed by atoms with Crippen LogP contribution in [0.4, 0.5) is 5.69 Å². The number of hydrogen-bond acceptors (Lipinski definition) is 3. The molecule has 1 aromatic heterocycles. The van der Waals surface area contributed by atoms with E-state index in [4.69, 9.17) is 0 Å². The van der Waals surface area contributed by atoms with Crippen molar-refractivity contribution < 1.29 is 9.21 Å². The number of hydrogen-bond donors (Lipinski definition) is 1. The summed E-state index contributed by atoms with van der Waals surface area (Å²) in [6, 6.07) is 10.3. The van der Waals surface area contributed by atoms with Crippen molar-refractivity contribution in [3.8, 4) is 0 Å². The molecular formula is C14H13NO3. The predicted octanol–water partition coefficient (Wildman–Crippen LogP) is 2.45. The Morgan fingerprint density at radius 2 is 2.00 bits per heavy atom. The maximum atomic E-state index is 11.9. The molecule has 2 aromatic rings. The molecule has 92 valence electrons. The van der Waals surface area contributed by atoms with Crippen LogP contribution >= 0.6 is 0 Å². The first kappa shape index (κ1) is 12.1. The minimum atomic E-state index is -0.472. The van der Waals surface area contributed by atoms with Crippen molar-refractivity contribution >= 4 is 11.6 Å². The quantitative estimate of drug-likeness (QED) is 0.900. The third kappa shape index (κ3) is 2.66. The average Bonchev–Trinajstić information content (AvgIpc) is 2.40. The Balaban J connectivity index is 2.21. The number of para-hydroxylation sites is 1. The first-order valence-electron chi connectivity index (χ1n) is 5.69. The monoisotopic (exact) mass is 243 g/mol. The Hall–Kier alpha value is -2.36. The molecule has 0 bridgehead atoms. The summed E-state index contributed by atoms with van der Waals surface area (Å²) in [5, 5.41) is 2.80. The van der Waals surface area contributed by atoms with E-state index in [1.807, 2.05) is 31.2 Å². The molecule has 1 N–H and O–H groups in total. The summed E-state index contributed by atoms with van der Waals surface area (Å²) in [7, 11) is 0. The van der Waals surface area contributed by atoms with Crippen molar-refractivity contribution in [2.45, 2.75) is 13.3 Å². The summed E-state index contributed by atoms with van der Waals surface area (Å²) in [5.41, 5.74) is 1.68. The molecule has 4 nitrogen and oxygen atoms in total. The molecule has 1 amide bonds. The normalized spacial score (nSPS) is 10.1. The van der Waals surface area contributed by atoms with Crippen LogP contribution in [0, 0.1) is 0 Å². The molecule has 18 heavy (non-hydrogen) atoms. The van der Waals surface area contributed by atoms with E-state index in [9.17, 15) is 9.59 Å². The van der Waals surface area contributed by atoms with Crippen LogP contribution in [0.2, 0.25) is 0 Å². The zero-order valence-corrected chi connectivity index (χ0v) is 9.97. The minimum Gasteiger partial charge on any atom is -0.430 e. The second-order valence-electron chi connectivity index (χ2n) is 3.81. The van der Waals surface area contributed by atoms with Crippen molar-refractivity contribution in [2.75, 3.05) is 5.32 Å². The fourth-order valence-electron chi connectivity index (χ4n) is 1.63. The summed E-state index contributed by atoms with van der Waals surface area (Å²) in [6.07, 6.45) is 1.99. The number of benzene rings is 1. The van der Waals surface area contributed by atoms with Crippen molar-refractivity contribution in [3.63, 3.8) is 0 Å². The number of carbonyl (C=O) groups is 1. The van der Waals surface area contributed by atoms with Gasteiger partial charge in [-0.3, -0.25) is 4.79 Å². The highest BCUT2D eigenvalue weighted by Gasteiger charge is 2.08. The van der Waals surface area contributed by atoms with Gasteiger partial charge in [0.2, 0.25) is 0 Å². The van der Waals surface area contributed by atoms with Gasteiger partial charge in [-0.15, -0.1) is 0 Å². The zero-order valence-electron chi connectivity index (χ0n) is 9.97. The summed E-state index contributed by atoms with van der Waals surface area (Å²) in [5.74, 6) is -0.292. The maximum absolute atomic E-state index is 11.9. The van der Waals surface area contributed by atoms with E-state index in [1.165, 1.54) is 12.1 Å². The maximum Gasteiger partial charge on any atom is 0.335 e. The smallest absolute Gasteiger partial charge is 0.335 e. The molecule has 0 unspecified atom stereocenters. The molecule has 0 atom stereocenters. The Labute approximate surface area is 104 Å². The van der Waals surface area contributed by atoms with Crippen LogP contribution in [-0.2, 0) is 6.42 Å². The Kier molecular flexibility index (Phi) is 3.57. The third-order valence-corrected chi connectivity index (χ3v) is 2.61. The van der Waals surface area contributed by atoms with Crippen LogP contribution in [-0.4, -0.2) is 5.91 Å². The van der Waals surface area contributed by atoms with Crippen LogP contribution in [0.1, 0.15) is 22.8 Å². The van der Waals surface area contributed by atoms with E-state index in [0.29, 0.717) is 5.56 Å². The van der Waals surface area contributed by atoms with Gasteiger partial charge >= 0.3 is 5.63 Å². The van der Waals surface area contributed by atoms with Gasteiger partial charge in [0.1, 0.15) is 6.26 Å². The first-order chi connectivity index (χ1) is 8.70. The highest BCUT2D eigenvalue weighted by molar-refractivity contribution is 6.04. The summed E-state index contributed by atoms with van der Waals surface area (Å²) < 4.78 is 4.66. The second kappa shape index (κ2) is 5.31. The molecule has 1 heterocycles. The topological polar surface area (TPSA) is 59.3 Å². The predicted molar refractivity (Wildman–Crippen MR) is 68.8 cm³/mol. The number of nitrogens with one attached hydrogen (secondary N) is 1. The zero-order chi connectivity index (χ0) is 13.0. The molecule has 0 spiro atoms. The molecule has 0 fully saturated rings. The molecule has 0 aliphatic carbocycles. The minimum absolute atomic E-state index is 0.292. The Morgan fingerprint density at radius 1 is 1.22 bits per heavy atom. The summed E-state index contributed by atoms with van der Waals surface area (Å²) >= 11 is 0. The second-order valence-corrected chi connectivity index (χ2v) is 3.81. The summed E-state index contributed by atoms with van der Waals surface area (Å²) in [6.45, 7) is 2.02. The third-order valence-electron chi connectivity index (χ3n) is 2.61. The fourth-order valence-corrected chi connectivity index (χ4v) is 1.63. The van der Waals surface area contributed by atoms with Crippen molar-refractivity contribution in [3.05, 3.63) is 64.2 Å². The molecule has 0 saturated carbocycles. The van der Waals surface area contributed by atoms with Gasteiger partial charge in [0.15, 0.2) is 0 Å². The molecule has 2 rings (SSSR count). The van der Waals surface area contributed by atoms with Crippen LogP contribution < -0.4 is 10.9 Å². The highest BCUT2D eigenvalue weighted by atomic mass is 16.4. The number of rotatable bonds is 3. The van der Waals surface area contributed by atoms with E-state index in [0.717, 1.165) is 23.9 Å². The fraction of sp³-hybridized carbons (Fsp3) is 0.143. The molecule has 1 aromatic carbocycles. The van der Waals surface area contributed by atoms with Crippen LogP contribution in [0.3, 0.4) is 0 Å². The number of aryl methyl sites for hydroxylation is 1. The standard InChI is InChI=1S/C14H13NO3/c1-2-10-5-3-4-6-12(10)15-14(17)11-7-8-13(16)18-9-11/h3-9H,2H2,1H3,(H,15,17). The Morgan fingerprint density at radius 3 is 2.67 bits per heavy atom. The molecule has 0 aliphatic rings. The van der Waals surface area contributed by atoms with Crippen LogP contribution in [0.5, 0.6) is 0 Å². The number of carbonyl (C=O) groups excluding carboxylic acids is 1. The molecule has 0 saturated heterocycles. The van der Waals surface area contributed by atoms with Gasteiger partial charge < -0.3 is 9.73 Å². The number of amides is 1. The van der Waals surface area contributed by atoms with E-state index in [2.05, 4.69) is 9.73 Å². The van der Waals surface area contributed by atoms with Gasteiger partial charge in [0, 0.05) is 11.8 Å². The van der Waals surface area contributed by atoms with Crippen LogP contribution in [0.15, 0.2) is 51.9 Å². The lowest BCUT2D eigenvalue weighted by atomic mass is 10.1. The SMILES string of the molecule is CCc1ccccc1NC(=O)c1ccc(=O)oc1. The lowest BCUT2D eigenvalue weighted by Crippen LogP contribution is -2.14. The molecular weight excluding hydrogens is 230 g/mol. The van der Waals surface area contributed by atoms with Crippen molar-refractivity contribution in [1.29, 1.82) is 0 Å². The molecule has 4 heteroatoms. The van der Waals surface area contributed by atoms with Gasteiger partial charge in [-0.1, -0.05) is 25.1 Å². The lowest BCUT2D eigenvalue weighted by molar-refractivity contribution is 0.102.